The molecule has 0 amide bonds. The molecule has 0 radical (unpaired) electrons. The Bertz CT molecular complexity index is 350. The third-order valence-electron chi connectivity index (χ3n) is 5.22. The fourth-order valence-electron chi connectivity index (χ4n) is 4.93. The highest BCUT2D eigenvalue weighted by Crippen LogP contribution is 2.57. The van der Waals surface area contributed by atoms with Crippen LogP contribution in [0.3, 0.4) is 0 Å². The summed E-state index contributed by atoms with van der Waals surface area (Å²) in [4.78, 5) is 22.9. The Hall–Kier alpha value is -0.860. The highest BCUT2D eigenvalue weighted by molar-refractivity contribution is 5.76. The van der Waals surface area contributed by atoms with Gasteiger partial charge in [-0.1, -0.05) is 0 Å². The van der Waals surface area contributed by atoms with E-state index in [1.54, 1.807) is 6.92 Å². The number of carbonyl (C=O) groups excluding carboxylic acids is 2. The largest absolute Gasteiger partial charge is 0.459 e. The summed E-state index contributed by atoms with van der Waals surface area (Å²) in [7, 11) is 0. The Morgan fingerprint density at radius 2 is 1.53 bits per heavy atom. The molecule has 19 heavy (non-hydrogen) atoms. The molecule has 0 atom stereocenters. The first-order valence-corrected chi connectivity index (χ1v) is 7.76. The summed E-state index contributed by atoms with van der Waals surface area (Å²) in [6, 6.07) is 0. The highest BCUT2D eigenvalue weighted by Gasteiger charge is 2.53. The molecule has 106 valence electrons. The molecular formula is C16H24O3. The quantitative estimate of drug-likeness (QED) is 0.716. The van der Waals surface area contributed by atoms with E-state index >= 15 is 0 Å². The van der Waals surface area contributed by atoms with Gasteiger partial charge in [0.1, 0.15) is 11.4 Å². The van der Waals surface area contributed by atoms with Crippen molar-refractivity contribution in [3.63, 3.8) is 0 Å². The third-order valence-corrected chi connectivity index (χ3v) is 5.22. The molecular weight excluding hydrogens is 240 g/mol. The molecule has 0 aromatic rings. The number of hydrogen-bond acceptors (Lipinski definition) is 3. The zero-order valence-electron chi connectivity index (χ0n) is 11.8. The van der Waals surface area contributed by atoms with Gasteiger partial charge in [-0.25, -0.2) is 0 Å². The van der Waals surface area contributed by atoms with Crippen LogP contribution < -0.4 is 0 Å². The molecule has 0 unspecified atom stereocenters. The van der Waals surface area contributed by atoms with Crippen molar-refractivity contribution in [1.82, 2.24) is 0 Å². The molecule has 3 heteroatoms. The summed E-state index contributed by atoms with van der Waals surface area (Å²) in [5, 5.41) is 0. The smallest absolute Gasteiger partial charge is 0.306 e. The van der Waals surface area contributed by atoms with Gasteiger partial charge >= 0.3 is 5.97 Å². The lowest BCUT2D eigenvalue weighted by atomic mass is 9.54. The Kier molecular flexibility index (Phi) is 3.40. The zero-order chi connectivity index (χ0) is 13.5. The first-order valence-electron chi connectivity index (χ1n) is 7.76. The van der Waals surface area contributed by atoms with Crippen molar-refractivity contribution in [3.8, 4) is 0 Å². The first kappa shape index (κ1) is 13.1. The van der Waals surface area contributed by atoms with Crippen LogP contribution >= 0.6 is 0 Å². The second-order valence-corrected chi connectivity index (χ2v) is 7.13. The van der Waals surface area contributed by atoms with E-state index in [4.69, 9.17) is 4.74 Å². The number of carbonyl (C=O) groups is 2. The van der Waals surface area contributed by atoms with Crippen LogP contribution in [-0.4, -0.2) is 17.4 Å². The molecule has 0 aliphatic heterocycles. The summed E-state index contributed by atoms with van der Waals surface area (Å²) in [5.41, 5.74) is -0.123. The van der Waals surface area contributed by atoms with E-state index in [0.29, 0.717) is 19.3 Å². The lowest BCUT2D eigenvalue weighted by Crippen LogP contribution is -2.52. The number of Topliss-reactive ketones (excluding diaryl/α,β-unsaturated/α-hetero) is 1. The summed E-state index contributed by atoms with van der Waals surface area (Å²) in [5.74, 6) is 2.48. The summed E-state index contributed by atoms with van der Waals surface area (Å²) in [6.07, 6.45) is 8.91. The second-order valence-electron chi connectivity index (χ2n) is 7.13. The minimum absolute atomic E-state index is 0.0804. The van der Waals surface area contributed by atoms with Gasteiger partial charge < -0.3 is 9.53 Å². The van der Waals surface area contributed by atoms with Gasteiger partial charge in [-0.15, -0.1) is 0 Å². The Balaban J connectivity index is 1.54. The van der Waals surface area contributed by atoms with E-state index < -0.39 is 0 Å². The van der Waals surface area contributed by atoms with E-state index in [9.17, 15) is 9.59 Å². The Morgan fingerprint density at radius 1 is 1.00 bits per heavy atom. The number of ether oxygens (including phenoxy) is 1. The van der Waals surface area contributed by atoms with Gasteiger partial charge in [0, 0.05) is 12.8 Å². The standard InChI is InChI=1S/C16H24O3/c1-11(17)3-2-4-15(18)19-16-8-12-5-13(9-16)7-14(6-12)10-16/h12-14H,2-10H2,1H3. The average molecular weight is 264 g/mol. The Labute approximate surface area is 115 Å². The predicted molar refractivity (Wildman–Crippen MR) is 71.5 cm³/mol. The molecule has 4 fully saturated rings. The lowest BCUT2D eigenvalue weighted by molar-refractivity contribution is -0.186. The van der Waals surface area contributed by atoms with Crippen LogP contribution in [0, 0.1) is 17.8 Å². The van der Waals surface area contributed by atoms with Gasteiger partial charge in [-0.3, -0.25) is 4.79 Å². The third kappa shape index (κ3) is 2.85. The van der Waals surface area contributed by atoms with Crippen LogP contribution in [0.1, 0.15) is 64.7 Å². The highest BCUT2D eigenvalue weighted by atomic mass is 16.6. The van der Waals surface area contributed by atoms with Gasteiger partial charge in [0.2, 0.25) is 0 Å². The maximum Gasteiger partial charge on any atom is 0.306 e. The van der Waals surface area contributed by atoms with Crippen molar-refractivity contribution in [2.45, 2.75) is 70.3 Å². The molecule has 4 bridgehead atoms. The fraction of sp³-hybridized carbons (Fsp3) is 0.875. The number of hydrogen-bond donors (Lipinski definition) is 0. The molecule has 0 heterocycles. The summed E-state index contributed by atoms with van der Waals surface area (Å²) in [6.45, 7) is 1.57. The summed E-state index contributed by atoms with van der Waals surface area (Å²) < 4.78 is 5.88. The molecule has 0 aromatic heterocycles. The van der Waals surface area contributed by atoms with Crippen molar-refractivity contribution < 1.29 is 14.3 Å². The predicted octanol–water partition coefficient (Wildman–Crippen LogP) is 3.26. The molecule has 0 saturated heterocycles. The van der Waals surface area contributed by atoms with Crippen LogP contribution in [-0.2, 0) is 14.3 Å². The van der Waals surface area contributed by atoms with E-state index in [1.807, 2.05) is 0 Å². The van der Waals surface area contributed by atoms with E-state index in [0.717, 1.165) is 37.0 Å². The normalized spacial score (nSPS) is 39.3. The van der Waals surface area contributed by atoms with E-state index in [2.05, 4.69) is 0 Å². The van der Waals surface area contributed by atoms with Crippen LogP contribution in [0.4, 0.5) is 0 Å². The van der Waals surface area contributed by atoms with Crippen LogP contribution in [0.5, 0.6) is 0 Å². The topological polar surface area (TPSA) is 43.4 Å². The Morgan fingerprint density at radius 3 is 2.00 bits per heavy atom. The molecule has 4 saturated carbocycles. The number of ketones is 1. The fourth-order valence-corrected chi connectivity index (χ4v) is 4.93. The van der Waals surface area contributed by atoms with Gasteiger partial charge in [0.05, 0.1) is 0 Å². The number of rotatable bonds is 5. The molecule has 0 N–H and O–H groups in total. The maximum atomic E-state index is 12.0. The van der Waals surface area contributed by atoms with Crippen molar-refractivity contribution in [2.75, 3.05) is 0 Å². The zero-order valence-corrected chi connectivity index (χ0v) is 11.8. The molecule has 0 aromatic carbocycles. The van der Waals surface area contributed by atoms with Gasteiger partial charge in [0.25, 0.3) is 0 Å². The minimum Gasteiger partial charge on any atom is -0.459 e. The van der Waals surface area contributed by atoms with Crippen molar-refractivity contribution in [2.24, 2.45) is 17.8 Å². The molecule has 0 spiro atoms. The van der Waals surface area contributed by atoms with Crippen LogP contribution in [0.25, 0.3) is 0 Å². The average Bonchev–Trinajstić information content (AvgIpc) is 2.25. The first-order chi connectivity index (χ1) is 9.05. The van der Waals surface area contributed by atoms with Crippen LogP contribution in [0.15, 0.2) is 0 Å². The SMILES string of the molecule is CC(=O)CCCC(=O)OC12CC3CC(CC(C3)C1)C2. The van der Waals surface area contributed by atoms with Crippen molar-refractivity contribution in [3.05, 3.63) is 0 Å². The maximum absolute atomic E-state index is 12.0. The van der Waals surface area contributed by atoms with Crippen molar-refractivity contribution in [1.29, 1.82) is 0 Å². The summed E-state index contributed by atoms with van der Waals surface area (Å²) >= 11 is 0. The van der Waals surface area contributed by atoms with E-state index in [-0.39, 0.29) is 17.4 Å². The van der Waals surface area contributed by atoms with Gasteiger partial charge in [-0.2, -0.15) is 0 Å². The second kappa shape index (κ2) is 4.92. The van der Waals surface area contributed by atoms with E-state index in [1.165, 1.54) is 19.3 Å². The van der Waals surface area contributed by atoms with Gasteiger partial charge in [-0.05, 0) is 69.6 Å². The monoisotopic (exact) mass is 264 g/mol. The van der Waals surface area contributed by atoms with Crippen LogP contribution in [0.2, 0.25) is 0 Å². The molecule has 4 aliphatic rings. The molecule has 3 nitrogen and oxygen atoms in total. The molecule has 4 rings (SSSR count). The lowest BCUT2D eigenvalue weighted by Gasteiger charge is -2.55. The number of esters is 1. The van der Waals surface area contributed by atoms with Gasteiger partial charge in [0.15, 0.2) is 0 Å². The van der Waals surface area contributed by atoms with Crippen molar-refractivity contribution >= 4 is 11.8 Å². The minimum atomic E-state index is -0.123. The molecule has 4 aliphatic carbocycles.